The number of carboxylic acid groups (broad SMARTS) is 1. The third kappa shape index (κ3) is 1.58. The molecule has 0 atom stereocenters. The van der Waals surface area contributed by atoms with E-state index in [9.17, 15) is 18.0 Å². The van der Waals surface area contributed by atoms with Crippen molar-refractivity contribution in [1.82, 2.24) is 15.2 Å². The van der Waals surface area contributed by atoms with Crippen molar-refractivity contribution in [3.8, 4) is 0 Å². The van der Waals surface area contributed by atoms with Gasteiger partial charge in [-0.3, -0.25) is 5.10 Å². The van der Waals surface area contributed by atoms with Gasteiger partial charge < -0.3 is 5.11 Å². The van der Waals surface area contributed by atoms with Crippen LogP contribution in [0, 0.1) is 0 Å². The van der Waals surface area contributed by atoms with E-state index in [2.05, 4.69) is 15.2 Å². The van der Waals surface area contributed by atoms with Gasteiger partial charge in [-0.15, -0.1) is 0 Å². The zero-order chi connectivity index (χ0) is 11.9. The van der Waals surface area contributed by atoms with E-state index in [0.717, 1.165) is 0 Å². The first kappa shape index (κ1) is 10.4. The molecular weight excluding hydrogens is 227 g/mol. The zero-order valence-corrected chi connectivity index (χ0v) is 7.54. The number of rotatable bonds is 1. The number of halogens is 3. The maximum Gasteiger partial charge on any atom is 0.417 e. The van der Waals surface area contributed by atoms with E-state index in [1.165, 1.54) is 0 Å². The van der Waals surface area contributed by atoms with Crippen LogP contribution in [-0.2, 0) is 6.18 Å². The van der Waals surface area contributed by atoms with Crippen LogP contribution < -0.4 is 0 Å². The Labute approximate surface area is 85.9 Å². The van der Waals surface area contributed by atoms with Crippen molar-refractivity contribution in [2.24, 2.45) is 0 Å². The molecule has 0 aromatic carbocycles. The van der Waals surface area contributed by atoms with Crippen molar-refractivity contribution in [2.45, 2.75) is 6.18 Å². The Bertz CT molecular complexity index is 561. The van der Waals surface area contributed by atoms with Crippen LogP contribution in [-0.4, -0.2) is 26.3 Å². The van der Waals surface area contributed by atoms with E-state index in [-0.39, 0.29) is 11.0 Å². The SMILES string of the molecule is O=C(O)c1n[nH]c2ncc(C(F)(F)F)cc12. The van der Waals surface area contributed by atoms with E-state index in [1.54, 1.807) is 0 Å². The van der Waals surface area contributed by atoms with E-state index in [1.807, 2.05) is 0 Å². The van der Waals surface area contributed by atoms with Crippen molar-refractivity contribution in [3.05, 3.63) is 23.5 Å². The third-order valence-corrected chi connectivity index (χ3v) is 1.95. The molecule has 0 unspecified atom stereocenters. The van der Waals surface area contributed by atoms with E-state index in [0.29, 0.717) is 12.3 Å². The molecular formula is C8H4F3N3O2. The van der Waals surface area contributed by atoms with Crippen molar-refractivity contribution in [1.29, 1.82) is 0 Å². The molecule has 0 aliphatic rings. The Hall–Kier alpha value is -2.12. The predicted molar refractivity (Wildman–Crippen MR) is 45.9 cm³/mol. The quantitative estimate of drug-likeness (QED) is 0.782. The van der Waals surface area contributed by atoms with Crippen molar-refractivity contribution >= 4 is 17.0 Å². The highest BCUT2D eigenvalue weighted by Gasteiger charge is 2.32. The lowest BCUT2D eigenvalue weighted by atomic mass is 10.2. The molecule has 0 saturated carbocycles. The molecule has 0 saturated heterocycles. The number of aromatic nitrogens is 3. The first-order valence-corrected chi connectivity index (χ1v) is 4.04. The topological polar surface area (TPSA) is 78.9 Å². The largest absolute Gasteiger partial charge is 0.476 e. The fraction of sp³-hybridized carbons (Fsp3) is 0.125. The van der Waals surface area contributed by atoms with Gasteiger partial charge in [-0.25, -0.2) is 9.78 Å². The minimum Gasteiger partial charge on any atom is -0.476 e. The third-order valence-electron chi connectivity index (χ3n) is 1.95. The number of alkyl halides is 3. The number of nitrogens with zero attached hydrogens (tertiary/aromatic N) is 2. The Morgan fingerprint density at radius 1 is 1.44 bits per heavy atom. The molecule has 8 heteroatoms. The van der Waals surface area contributed by atoms with Crippen molar-refractivity contribution < 1.29 is 23.1 Å². The van der Waals surface area contributed by atoms with Gasteiger partial charge in [0.15, 0.2) is 11.3 Å². The minimum atomic E-state index is -4.56. The monoisotopic (exact) mass is 231 g/mol. The molecule has 2 rings (SSSR count). The summed E-state index contributed by atoms with van der Waals surface area (Å²) in [7, 11) is 0. The van der Waals surface area contributed by atoms with Crippen LogP contribution >= 0.6 is 0 Å². The number of hydrogen-bond donors (Lipinski definition) is 2. The number of carboxylic acids is 1. The summed E-state index contributed by atoms with van der Waals surface area (Å²) >= 11 is 0. The molecule has 2 N–H and O–H groups in total. The fourth-order valence-electron chi connectivity index (χ4n) is 1.22. The van der Waals surface area contributed by atoms with Gasteiger partial charge in [0.2, 0.25) is 0 Å². The molecule has 0 radical (unpaired) electrons. The fourth-order valence-corrected chi connectivity index (χ4v) is 1.22. The summed E-state index contributed by atoms with van der Waals surface area (Å²) < 4.78 is 37.0. The Morgan fingerprint density at radius 2 is 2.12 bits per heavy atom. The molecule has 0 spiro atoms. The Kier molecular flexibility index (Phi) is 2.07. The Balaban J connectivity index is 2.68. The van der Waals surface area contributed by atoms with Crippen LogP contribution in [0.4, 0.5) is 13.2 Å². The average Bonchev–Trinajstić information content (AvgIpc) is 2.58. The van der Waals surface area contributed by atoms with E-state index >= 15 is 0 Å². The van der Waals surface area contributed by atoms with Crippen LogP contribution in [0.1, 0.15) is 16.1 Å². The second kappa shape index (κ2) is 3.19. The lowest BCUT2D eigenvalue weighted by Crippen LogP contribution is -2.05. The summed E-state index contributed by atoms with van der Waals surface area (Å²) in [6, 6.07) is 0.704. The molecule has 0 bridgehead atoms. The van der Waals surface area contributed by atoms with Crippen molar-refractivity contribution in [2.75, 3.05) is 0 Å². The van der Waals surface area contributed by atoms with Crippen LogP contribution in [0.5, 0.6) is 0 Å². The second-order valence-electron chi connectivity index (χ2n) is 3.00. The van der Waals surface area contributed by atoms with Gasteiger partial charge in [-0.1, -0.05) is 0 Å². The smallest absolute Gasteiger partial charge is 0.417 e. The summed E-state index contributed by atoms with van der Waals surface area (Å²) in [6.45, 7) is 0. The zero-order valence-electron chi connectivity index (χ0n) is 7.54. The highest BCUT2D eigenvalue weighted by molar-refractivity contribution is 5.99. The number of aromatic carboxylic acids is 1. The highest BCUT2D eigenvalue weighted by atomic mass is 19.4. The normalized spacial score (nSPS) is 11.9. The molecule has 5 nitrogen and oxygen atoms in total. The van der Waals surface area contributed by atoms with Gasteiger partial charge in [0.1, 0.15) is 0 Å². The van der Waals surface area contributed by atoms with Crippen LogP contribution in [0.2, 0.25) is 0 Å². The van der Waals surface area contributed by atoms with Gasteiger partial charge >= 0.3 is 12.1 Å². The molecule has 2 heterocycles. The van der Waals surface area contributed by atoms with Crippen LogP contribution in [0.25, 0.3) is 11.0 Å². The lowest BCUT2D eigenvalue weighted by Gasteiger charge is -2.04. The van der Waals surface area contributed by atoms with Gasteiger partial charge in [0, 0.05) is 6.20 Å². The predicted octanol–water partition coefficient (Wildman–Crippen LogP) is 1.67. The second-order valence-corrected chi connectivity index (χ2v) is 3.00. The van der Waals surface area contributed by atoms with Gasteiger partial charge in [-0.05, 0) is 6.07 Å². The number of hydrogen-bond acceptors (Lipinski definition) is 3. The van der Waals surface area contributed by atoms with E-state index < -0.39 is 23.4 Å². The number of nitrogens with one attached hydrogen (secondary N) is 1. The highest BCUT2D eigenvalue weighted by Crippen LogP contribution is 2.30. The first-order valence-electron chi connectivity index (χ1n) is 4.04. The Morgan fingerprint density at radius 3 is 2.69 bits per heavy atom. The van der Waals surface area contributed by atoms with Crippen LogP contribution in [0.15, 0.2) is 12.3 Å². The molecule has 16 heavy (non-hydrogen) atoms. The molecule has 0 aliphatic heterocycles. The summed E-state index contributed by atoms with van der Waals surface area (Å²) in [5.74, 6) is -1.41. The van der Waals surface area contributed by atoms with Crippen LogP contribution in [0.3, 0.4) is 0 Å². The van der Waals surface area contributed by atoms with Crippen molar-refractivity contribution in [3.63, 3.8) is 0 Å². The van der Waals surface area contributed by atoms with Gasteiger partial charge in [-0.2, -0.15) is 18.3 Å². The van der Waals surface area contributed by atoms with Gasteiger partial charge in [0.25, 0.3) is 0 Å². The summed E-state index contributed by atoms with van der Waals surface area (Å²) in [4.78, 5) is 14.1. The van der Waals surface area contributed by atoms with E-state index in [4.69, 9.17) is 5.11 Å². The molecule has 0 fully saturated rings. The lowest BCUT2D eigenvalue weighted by molar-refractivity contribution is -0.137. The molecule has 0 aliphatic carbocycles. The molecule has 0 amide bonds. The molecule has 2 aromatic rings. The first-order chi connectivity index (χ1) is 7.39. The molecule has 2 aromatic heterocycles. The maximum atomic E-state index is 12.3. The minimum absolute atomic E-state index is 0.00500. The molecule has 84 valence electrons. The maximum absolute atomic E-state index is 12.3. The summed E-state index contributed by atoms with van der Waals surface area (Å²) in [6.07, 6.45) is -3.94. The van der Waals surface area contributed by atoms with Gasteiger partial charge in [0.05, 0.1) is 10.9 Å². The number of carbonyl (C=O) groups is 1. The number of H-pyrrole nitrogens is 1. The number of fused-ring (bicyclic) bond motifs is 1. The number of aromatic amines is 1. The average molecular weight is 231 g/mol. The number of pyridine rings is 1. The summed E-state index contributed by atoms with van der Waals surface area (Å²) in [5, 5.41) is 14.1. The summed E-state index contributed by atoms with van der Waals surface area (Å²) in [5.41, 5.74) is -1.48. The standard InChI is InChI=1S/C8H4F3N3O2/c9-8(10,11)3-1-4-5(7(15)16)13-14-6(4)12-2-3/h1-2H,(H,15,16)(H,12,13,14).